The van der Waals surface area contributed by atoms with Crippen LogP contribution in [0.4, 0.5) is 0 Å². The van der Waals surface area contributed by atoms with Gasteiger partial charge in [0.15, 0.2) is 0 Å². The predicted molar refractivity (Wildman–Crippen MR) is 142 cm³/mol. The highest BCUT2D eigenvalue weighted by Gasteiger charge is 2.58. The third-order valence-corrected chi connectivity index (χ3v) is 11.9. The third-order valence-electron chi connectivity index (χ3n) is 9.98. The normalized spacial score (nSPS) is 36.9. The van der Waals surface area contributed by atoms with Gasteiger partial charge in [-0.2, -0.15) is 0 Å². The van der Waals surface area contributed by atoms with Gasteiger partial charge in [0.2, 0.25) is 0 Å². The highest BCUT2D eigenvalue weighted by atomic mass is 32.1. The molecule has 1 aliphatic heterocycles. The van der Waals surface area contributed by atoms with Crippen LogP contribution >= 0.6 is 22.7 Å². The Balaban J connectivity index is 1.28. The van der Waals surface area contributed by atoms with E-state index in [9.17, 15) is 9.59 Å². The predicted octanol–water partition coefficient (Wildman–Crippen LogP) is 6.27. The minimum absolute atomic E-state index is 0.131. The van der Waals surface area contributed by atoms with E-state index in [0.717, 1.165) is 23.6 Å². The smallest absolute Gasteiger partial charge is 0.257 e. The Hall–Kier alpha value is -1.92. The molecule has 186 valence electrons. The third kappa shape index (κ3) is 4.01. The topological polar surface area (TPSA) is 58.2 Å². The molecular weight excluding hydrogens is 472 g/mol. The summed E-state index contributed by atoms with van der Waals surface area (Å²) in [6, 6.07) is 8.25. The first kappa shape index (κ1) is 23.5. The van der Waals surface area contributed by atoms with Gasteiger partial charge in [0.1, 0.15) is 5.57 Å². The molecule has 4 aliphatic rings. The monoisotopic (exact) mass is 508 g/mol. The standard InChI is InChI=1S/C29H36N2O2S2/c1-28-12-3-7-21(28)19-9-10-25-29(2,22(19)11-13-28)17-20(27(33)31-25)26(32)30-23(24-8-5-15-35-24)16-18-6-4-14-34-18/h4-6,8,14-15,17,19,21-23,25H,3,7,9-13,16H2,1-2H3,(H,30,32)(H,31,33)/t19-,21-,22+,23?,25?,28-,29+/m0/s1. The molecule has 35 heavy (non-hydrogen) atoms. The lowest BCUT2D eigenvalue weighted by atomic mass is 9.48. The van der Waals surface area contributed by atoms with Gasteiger partial charge in [0, 0.05) is 27.6 Å². The molecule has 2 amide bonds. The van der Waals surface area contributed by atoms with E-state index in [1.165, 1.54) is 43.4 Å². The van der Waals surface area contributed by atoms with E-state index in [1.807, 2.05) is 17.5 Å². The zero-order valence-electron chi connectivity index (χ0n) is 20.7. The maximum Gasteiger partial charge on any atom is 0.257 e. The van der Waals surface area contributed by atoms with E-state index in [-0.39, 0.29) is 29.3 Å². The largest absolute Gasteiger partial charge is 0.348 e. The molecule has 3 saturated carbocycles. The zero-order valence-corrected chi connectivity index (χ0v) is 22.4. The molecule has 2 unspecified atom stereocenters. The summed E-state index contributed by atoms with van der Waals surface area (Å²) in [6.45, 7) is 4.84. The summed E-state index contributed by atoms with van der Waals surface area (Å²) in [5.74, 6) is 1.62. The van der Waals surface area contributed by atoms with E-state index < -0.39 is 0 Å². The van der Waals surface area contributed by atoms with Crippen LogP contribution in [0.5, 0.6) is 0 Å². The van der Waals surface area contributed by atoms with Crippen LogP contribution in [0.25, 0.3) is 0 Å². The average molecular weight is 509 g/mol. The summed E-state index contributed by atoms with van der Waals surface area (Å²) in [5, 5.41) is 10.6. The molecule has 0 saturated heterocycles. The Morgan fingerprint density at radius 2 is 1.91 bits per heavy atom. The van der Waals surface area contributed by atoms with E-state index in [4.69, 9.17) is 0 Å². The lowest BCUT2D eigenvalue weighted by molar-refractivity contribution is -0.128. The van der Waals surface area contributed by atoms with Crippen LogP contribution in [-0.2, 0) is 16.0 Å². The van der Waals surface area contributed by atoms with Gasteiger partial charge in [0.25, 0.3) is 11.8 Å². The average Bonchev–Trinajstić information content (AvgIpc) is 3.60. The Morgan fingerprint density at radius 3 is 2.69 bits per heavy atom. The van der Waals surface area contributed by atoms with Crippen molar-refractivity contribution in [3.05, 3.63) is 56.4 Å². The Kier molecular flexibility index (Phi) is 5.96. The van der Waals surface area contributed by atoms with Gasteiger partial charge in [-0.15, -0.1) is 22.7 Å². The van der Waals surface area contributed by atoms with Crippen LogP contribution in [0.2, 0.25) is 0 Å². The molecule has 4 nitrogen and oxygen atoms in total. The van der Waals surface area contributed by atoms with Crippen LogP contribution in [0.15, 0.2) is 46.7 Å². The number of thiophene rings is 2. The summed E-state index contributed by atoms with van der Waals surface area (Å²) in [5.41, 5.74) is 0.665. The maximum atomic E-state index is 13.6. The minimum Gasteiger partial charge on any atom is -0.348 e. The Bertz CT molecular complexity index is 1120. The fraction of sp³-hybridized carbons (Fsp3) is 0.586. The van der Waals surface area contributed by atoms with Gasteiger partial charge in [-0.05, 0) is 84.6 Å². The second-order valence-corrected chi connectivity index (χ2v) is 13.8. The van der Waals surface area contributed by atoms with Crippen molar-refractivity contribution in [3.63, 3.8) is 0 Å². The summed E-state index contributed by atoms with van der Waals surface area (Å²) < 4.78 is 0. The van der Waals surface area contributed by atoms with Gasteiger partial charge in [-0.1, -0.05) is 38.5 Å². The summed E-state index contributed by atoms with van der Waals surface area (Å²) in [6.07, 6.45) is 11.6. The number of hydrogen-bond donors (Lipinski definition) is 2. The first-order valence-corrected chi connectivity index (χ1v) is 15.0. The zero-order chi connectivity index (χ0) is 24.2. The van der Waals surface area contributed by atoms with Crippen molar-refractivity contribution in [3.8, 4) is 0 Å². The van der Waals surface area contributed by atoms with Gasteiger partial charge < -0.3 is 10.6 Å². The molecule has 2 aromatic rings. The van der Waals surface area contributed by atoms with Crippen LogP contribution in [0.3, 0.4) is 0 Å². The Morgan fingerprint density at radius 1 is 1.09 bits per heavy atom. The number of hydrogen-bond acceptors (Lipinski definition) is 4. The van der Waals surface area contributed by atoms with E-state index in [2.05, 4.69) is 48.1 Å². The lowest BCUT2D eigenvalue weighted by Gasteiger charge is -2.58. The molecule has 0 bridgehead atoms. The highest BCUT2D eigenvalue weighted by molar-refractivity contribution is 7.10. The first-order chi connectivity index (χ1) is 16.9. The SMILES string of the molecule is C[C@@]12CCC[C@H]1[C@@H]1CCC3NC(=O)C(C(=O)NC(Cc4cccs4)c4cccs4)=C[C@]3(C)[C@@H]1CC2. The summed E-state index contributed by atoms with van der Waals surface area (Å²) in [7, 11) is 0. The molecule has 3 aliphatic carbocycles. The molecule has 2 N–H and O–H groups in total. The van der Waals surface area contributed by atoms with Crippen LogP contribution in [0.1, 0.15) is 74.6 Å². The summed E-state index contributed by atoms with van der Waals surface area (Å²) >= 11 is 3.36. The quantitative estimate of drug-likeness (QED) is 0.468. The lowest BCUT2D eigenvalue weighted by Crippen LogP contribution is -2.60. The molecule has 0 aromatic carbocycles. The van der Waals surface area contributed by atoms with Crippen molar-refractivity contribution in [1.29, 1.82) is 0 Å². The van der Waals surface area contributed by atoms with E-state index in [0.29, 0.717) is 22.8 Å². The van der Waals surface area contributed by atoms with Gasteiger partial charge in [0.05, 0.1) is 6.04 Å². The molecule has 0 radical (unpaired) electrons. The minimum atomic E-state index is -0.235. The number of amides is 2. The van der Waals surface area contributed by atoms with Crippen molar-refractivity contribution >= 4 is 34.5 Å². The summed E-state index contributed by atoms with van der Waals surface area (Å²) in [4.78, 5) is 29.2. The van der Waals surface area contributed by atoms with Gasteiger partial charge in [-0.25, -0.2) is 0 Å². The first-order valence-electron chi connectivity index (χ1n) is 13.3. The van der Waals surface area contributed by atoms with Crippen molar-refractivity contribution in [1.82, 2.24) is 10.6 Å². The molecule has 0 spiro atoms. The maximum absolute atomic E-state index is 13.6. The number of rotatable bonds is 5. The van der Waals surface area contributed by atoms with Crippen molar-refractivity contribution in [2.24, 2.45) is 28.6 Å². The fourth-order valence-corrected chi connectivity index (χ4v) is 9.71. The molecule has 7 atom stereocenters. The molecule has 3 fully saturated rings. The Labute approximate surface area is 216 Å². The number of carbonyl (C=O) groups excluding carboxylic acids is 2. The number of carbonyl (C=O) groups is 2. The fourth-order valence-electron chi connectivity index (χ4n) is 8.18. The van der Waals surface area contributed by atoms with Crippen molar-refractivity contribution in [2.45, 2.75) is 77.3 Å². The highest BCUT2D eigenvalue weighted by Crippen LogP contribution is 2.63. The van der Waals surface area contributed by atoms with Crippen LogP contribution < -0.4 is 10.6 Å². The molecule has 2 aromatic heterocycles. The molecule has 6 heteroatoms. The molecule has 3 heterocycles. The molecular formula is C29H36N2O2S2. The second kappa shape index (κ2) is 8.88. The van der Waals surface area contributed by atoms with Crippen molar-refractivity contribution < 1.29 is 9.59 Å². The second-order valence-electron chi connectivity index (χ2n) is 11.8. The van der Waals surface area contributed by atoms with Crippen LogP contribution in [0, 0.1) is 28.6 Å². The number of fused-ring (bicyclic) bond motifs is 5. The van der Waals surface area contributed by atoms with Crippen LogP contribution in [-0.4, -0.2) is 17.9 Å². The van der Waals surface area contributed by atoms with Crippen molar-refractivity contribution in [2.75, 3.05) is 0 Å². The molecule has 6 rings (SSSR count). The number of nitrogens with one attached hydrogen (secondary N) is 2. The van der Waals surface area contributed by atoms with Gasteiger partial charge >= 0.3 is 0 Å². The van der Waals surface area contributed by atoms with E-state index >= 15 is 0 Å². The van der Waals surface area contributed by atoms with E-state index in [1.54, 1.807) is 22.7 Å². The van der Waals surface area contributed by atoms with Gasteiger partial charge in [-0.3, -0.25) is 9.59 Å².